The molecule has 1 aliphatic rings. The standard InChI is InChI=1S/C20H43NO7Si/c1-8-21(9-17(2)14-29(23-5,24-6)25-7)10-18(22)11-26-15-20(3,4)16-27-12-19-13-28-19/h17-19,22H,8-16H2,1-7H3. The number of likely N-dealkylation sites (N-methyl/N-ethyl adjacent to an activating group) is 1. The fourth-order valence-corrected chi connectivity index (χ4v) is 5.24. The van der Waals surface area contributed by atoms with E-state index in [1.807, 2.05) is 0 Å². The lowest BCUT2D eigenvalue weighted by molar-refractivity contribution is -0.0384. The molecule has 0 aliphatic carbocycles. The molecule has 1 rings (SSSR count). The molecule has 0 aromatic carbocycles. The molecular weight excluding hydrogens is 394 g/mol. The second-order valence-electron chi connectivity index (χ2n) is 8.76. The second kappa shape index (κ2) is 13.3. The van der Waals surface area contributed by atoms with Gasteiger partial charge in [0, 0.05) is 45.9 Å². The minimum absolute atomic E-state index is 0.0953. The Kier molecular flexibility index (Phi) is 12.4. The van der Waals surface area contributed by atoms with Gasteiger partial charge in [-0.2, -0.15) is 0 Å². The number of aliphatic hydroxyl groups excluding tert-OH is 1. The third-order valence-electron chi connectivity index (χ3n) is 5.02. The number of rotatable bonds is 18. The van der Waals surface area contributed by atoms with E-state index in [0.29, 0.717) is 38.9 Å². The zero-order valence-electron chi connectivity index (χ0n) is 19.4. The van der Waals surface area contributed by atoms with Crippen molar-refractivity contribution in [2.75, 3.05) is 74.0 Å². The molecule has 1 heterocycles. The number of hydrogen-bond donors (Lipinski definition) is 1. The van der Waals surface area contributed by atoms with E-state index < -0.39 is 14.9 Å². The van der Waals surface area contributed by atoms with Crippen LogP contribution in [-0.4, -0.2) is 105 Å². The molecule has 3 atom stereocenters. The van der Waals surface area contributed by atoms with E-state index in [2.05, 4.69) is 32.6 Å². The van der Waals surface area contributed by atoms with Crippen molar-refractivity contribution in [1.82, 2.24) is 4.90 Å². The highest BCUT2D eigenvalue weighted by molar-refractivity contribution is 6.60. The summed E-state index contributed by atoms with van der Waals surface area (Å²) in [6, 6.07) is 0.736. The van der Waals surface area contributed by atoms with Crippen molar-refractivity contribution in [3.05, 3.63) is 0 Å². The monoisotopic (exact) mass is 437 g/mol. The number of ether oxygens (including phenoxy) is 3. The van der Waals surface area contributed by atoms with Crippen LogP contribution in [-0.2, 0) is 27.5 Å². The van der Waals surface area contributed by atoms with Gasteiger partial charge < -0.3 is 37.5 Å². The lowest BCUT2D eigenvalue weighted by Crippen LogP contribution is -2.46. The first-order chi connectivity index (χ1) is 13.7. The molecule has 1 N–H and O–H groups in total. The molecule has 1 fully saturated rings. The van der Waals surface area contributed by atoms with Crippen LogP contribution in [0.1, 0.15) is 27.7 Å². The van der Waals surface area contributed by atoms with Crippen molar-refractivity contribution < 1.29 is 32.6 Å². The maximum Gasteiger partial charge on any atom is 0.500 e. The van der Waals surface area contributed by atoms with Gasteiger partial charge in [0.1, 0.15) is 6.10 Å². The van der Waals surface area contributed by atoms with E-state index >= 15 is 0 Å². The van der Waals surface area contributed by atoms with Gasteiger partial charge in [-0.25, -0.2) is 0 Å². The topological polar surface area (TPSA) is 82.2 Å². The van der Waals surface area contributed by atoms with Crippen molar-refractivity contribution in [2.24, 2.45) is 11.3 Å². The van der Waals surface area contributed by atoms with Crippen molar-refractivity contribution in [3.8, 4) is 0 Å². The van der Waals surface area contributed by atoms with Crippen molar-refractivity contribution in [2.45, 2.75) is 45.9 Å². The van der Waals surface area contributed by atoms with E-state index in [-0.39, 0.29) is 11.5 Å². The fraction of sp³-hybridized carbons (Fsp3) is 1.00. The van der Waals surface area contributed by atoms with Gasteiger partial charge >= 0.3 is 8.80 Å². The third-order valence-corrected chi connectivity index (χ3v) is 8.08. The Morgan fingerprint density at radius 1 is 1.10 bits per heavy atom. The summed E-state index contributed by atoms with van der Waals surface area (Å²) in [5.74, 6) is 0.320. The van der Waals surface area contributed by atoms with Gasteiger partial charge in [-0.1, -0.05) is 27.7 Å². The first-order valence-corrected chi connectivity index (χ1v) is 12.4. The number of hydrogen-bond acceptors (Lipinski definition) is 8. The summed E-state index contributed by atoms with van der Waals surface area (Å²) in [7, 11) is 2.32. The lowest BCUT2D eigenvalue weighted by Gasteiger charge is -2.31. The van der Waals surface area contributed by atoms with Crippen molar-refractivity contribution in [3.63, 3.8) is 0 Å². The normalized spacial score (nSPS) is 19.6. The first kappa shape index (κ1) is 26.9. The van der Waals surface area contributed by atoms with Crippen LogP contribution < -0.4 is 0 Å². The minimum Gasteiger partial charge on any atom is -0.389 e. The van der Waals surface area contributed by atoms with Gasteiger partial charge in [0.15, 0.2) is 0 Å². The lowest BCUT2D eigenvalue weighted by atomic mass is 9.96. The van der Waals surface area contributed by atoms with Gasteiger partial charge in [-0.05, 0) is 12.5 Å². The summed E-state index contributed by atoms with van der Waals surface area (Å²) in [5.41, 5.74) is -0.0953. The third kappa shape index (κ3) is 11.2. The van der Waals surface area contributed by atoms with Crippen LogP contribution in [0.3, 0.4) is 0 Å². The van der Waals surface area contributed by atoms with Gasteiger partial charge in [0.2, 0.25) is 0 Å². The largest absolute Gasteiger partial charge is 0.500 e. The van der Waals surface area contributed by atoms with Crippen LogP contribution in [0, 0.1) is 11.3 Å². The average molecular weight is 438 g/mol. The second-order valence-corrected chi connectivity index (χ2v) is 11.8. The Bertz CT molecular complexity index is 425. The summed E-state index contributed by atoms with van der Waals surface area (Å²) in [4.78, 5) is 2.22. The van der Waals surface area contributed by atoms with E-state index in [1.165, 1.54) is 0 Å². The molecule has 0 saturated carbocycles. The van der Waals surface area contributed by atoms with E-state index in [1.54, 1.807) is 21.3 Å². The zero-order valence-corrected chi connectivity index (χ0v) is 20.4. The number of epoxide rings is 1. The molecule has 0 aromatic rings. The minimum atomic E-state index is -2.59. The summed E-state index contributed by atoms with van der Waals surface area (Å²) in [6.45, 7) is 13.6. The fourth-order valence-electron chi connectivity index (χ4n) is 3.26. The predicted octanol–water partition coefficient (Wildman–Crippen LogP) is 1.64. The maximum atomic E-state index is 10.4. The summed E-state index contributed by atoms with van der Waals surface area (Å²) in [6.07, 6.45) is -0.256. The Balaban J connectivity index is 2.29. The zero-order chi connectivity index (χ0) is 21.9. The molecule has 0 aromatic heterocycles. The molecule has 0 bridgehead atoms. The Labute approximate surface area is 178 Å². The van der Waals surface area contributed by atoms with Gasteiger partial charge in [-0.15, -0.1) is 0 Å². The Hall–Kier alpha value is -0.103. The van der Waals surface area contributed by atoms with Crippen LogP contribution in [0.25, 0.3) is 0 Å². The molecule has 0 spiro atoms. The first-order valence-electron chi connectivity index (χ1n) is 10.5. The molecule has 1 saturated heterocycles. The number of nitrogens with zero attached hydrogens (tertiary/aromatic N) is 1. The highest BCUT2D eigenvalue weighted by atomic mass is 28.4. The molecule has 9 heteroatoms. The molecule has 174 valence electrons. The van der Waals surface area contributed by atoms with Gasteiger partial charge in [0.05, 0.1) is 39.1 Å². The van der Waals surface area contributed by atoms with E-state index in [9.17, 15) is 5.11 Å². The molecule has 1 aliphatic heterocycles. The summed E-state index contributed by atoms with van der Waals surface area (Å²) < 4.78 is 33.2. The van der Waals surface area contributed by atoms with Crippen LogP contribution in [0.5, 0.6) is 0 Å². The van der Waals surface area contributed by atoms with Crippen molar-refractivity contribution >= 4 is 8.80 Å². The summed E-state index contributed by atoms with van der Waals surface area (Å²) >= 11 is 0. The number of aliphatic hydroxyl groups is 1. The van der Waals surface area contributed by atoms with E-state index in [0.717, 1.165) is 25.7 Å². The van der Waals surface area contributed by atoms with Crippen LogP contribution >= 0.6 is 0 Å². The van der Waals surface area contributed by atoms with E-state index in [4.69, 9.17) is 27.5 Å². The molecule has 0 radical (unpaired) electrons. The van der Waals surface area contributed by atoms with Crippen LogP contribution in [0.15, 0.2) is 0 Å². The smallest absolute Gasteiger partial charge is 0.389 e. The molecule has 0 amide bonds. The molecule has 29 heavy (non-hydrogen) atoms. The van der Waals surface area contributed by atoms with Crippen LogP contribution in [0.4, 0.5) is 0 Å². The van der Waals surface area contributed by atoms with Gasteiger partial charge in [-0.3, -0.25) is 0 Å². The highest BCUT2D eigenvalue weighted by Crippen LogP contribution is 2.21. The van der Waals surface area contributed by atoms with Crippen LogP contribution in [0.2, 0.25) is 6.04 Å². The summed E-state index contributed by atoms with van der Waals surface area (Å²) in [5, 5.41) is 10.4. The molecule has 3 unspecified atom stereocenters. The predicted molar refractivity (Wildman–Crippen MR) is 114 cm³/mol. The quantitative estimate of drug-likeness (QED) is 0.256. The Morgan fingerprint density at radius 2 is 1.69 bits per heavy atom. The molecule has 8 nitrogen and oxygen atoms in total. The maximum absolute atomic E-state index is 10.4. The highest BCUT2D eigenvalue weighted by Gasteiger charge is 2.39. The average Bonchev–Trinajstić information content (AvgIpc) is 3.49. The Morgan fingerprint density at radius 3 is 2.21 bits per heavy atom. The van der Waals surface area contributed by atoms with Crippen molar-refractivity contribution in [1.29, 1.82) is 0 Å². The molecular formula is C20H43NO7Si. The SMILES string of the molecule is CCN(CC(C)C[Si](OC)(OC)OC)CC(O)COCC(C)(C)COCC1CO1. The van der Waals surface area contributed by atoms with Gasteiger partial charge in [0.25, 0.3) is 0 Å².